The Bertz CT molecular complexity index is 75.3. The van der Waals surface area contributed by atoms with E-state index in [-0.39, 0.29) is 46.8 Å². The summed E-state index contributed by atoms with van der Waals surface area (Å²) in [5, 5.41) is 0. The Morgan fingerprint density at radius 1 is 0.571 bits per heavy atom. The van der Waals surface area contributed by atoms with Gasteiger partial charge in [-0.3, -0.25) is 0 Å². The van der Waals surface area contributed by atoms with E-state index in [4.69, 9.17) is 31.8 Å². The number of rotatable bonds is 0. The molecule has 2 radical (unpaired) electrons. The summed E-state index contributed by atoms with van der Waals surface area (Å²) in [6.07, 6.45) is 0. The van der Waals surface area contributed by atoms with Gasteiger partial charge in [-0.1, -0.05) is 0 Å². The first kappa shape index (κ1) is 36.0. The summed E-state index contributed by atoms with van der Waals surface area (Å²) in [5.74, 6) is 0. The average Bonchev–Trinajstić information content (AvgIpc) is 1.92. The van der Waals surface area contributed by atoms with Crippen molar-refractivity contribution in [2.75, 3.05) is 0 Å². The molecule has 0 unspecified atom stereocenters. The standard InChI is InChI=1S/4Al.8O.Pb.Zn/q;;;;;;;;4*-1;2*+2. The summed E-state index contributed by atoms with van der Waals surface area (Å²) < 4.78 is 67.7. The van der Waals surface area contributed by atoms with Gasteiger partial charge >= 0.3 is 141 Å². The van der Waals surface area contributed by atoms with Gasteiger partial charge in [-0.2, -0.15) is 0 Å². The molecule has 0 saturated carbocycles. The molecule has 0 spiro atoms. The molecule has 0 rings (SSSR count). The van der Waals surface area contributed by atoms with Crippen LogP contribution in [0.15, 0.2) is 0 Å². The molecule has 0 aromatic heterocycles. The molecule has 14 heavy (non-hydrogen) atoms. The van der Waals surface area contributed by atoms with Gasteiger partial charge in [0.15, 0.2) is 0 Å². The fraction of sp³-hybridized carbons (Fsp3) is 0. The van der Waals surface area contributed by atoms with Crippen LogP contribution in [0.25, 0.3) is 0 Å². The minimum atomic E-state index is -1.75. The fourth-order valence-corrected chi connectivity index (χ4v) is 0. The second-order valence-corrected chi connectivity index (χ2v) is 1.15. The Balaban J connectivity index is -0.0000000145. The quantitative estimate of drug-likeness (QED) is 0.292. The van der Waals surface area contributed by atoms with E-state index >= 15 is 0 Å². The van der Waals surface area contributed by atoms with Crippen LogP contribution in [-0.4, -0.2) is 89.2 Å². The molecule has 0 aromatic carbocycles. The zero-order valence-corrected chi connectivity index (χ0v) is 18.3. The summed E-state index contributed by atoms with van der Waals surface area (Å²) in [4.78, 5) is 0. The van der Waals surface area contributed by atoms with E-state index in [2.05, 4.69) is 0 Å². The van der Waals surface area contributed by atoms with Crippen molar-refractivity contribution in [3.8, 4) is 0 Å². The molecule has 0 heterocycles. The minimum absolute atomic E-state index is 0. The molecule has 0 saturated heterocycles. The first-order chi connectivity index (χ1) is 5.66. The molecular weight excluding hydrogens is 509 g/mol. The topological polar surface area (TPSA) is 161 Å². The smallest absolute Gasteiger partial charge is 2.00 e. The molecule has 66 valence electrons. The SMILES string of the molecule is [O]=[Al][O-].[O]=[Al][O-].[O]=[Al][O-].[O]=[Al][O-].[Pb+2].[Zn+2]. The van der Waals surface area contributed by atoms with Crippen LogP contribution in [0, 0.1) is 0 Å². The van der Waals surface area contributed by atoms with Gasteiger partial charge in [0.05, 0.1) is 0 Å². The monoisotopic (exact) mass is 508 g/mol. The number of hydrogen-bond acceptors (Lipinski definition) is 8. The Hall–Kier alpha value is 2.08. The predicted molar refractivity (Wildman–Crippen MR) is 31.5 cm³/mol. The maximum absolute atomic E-state index is 8.46. The molecule has 0 atom stereocenters. The maximum Gasteiger partial charge on any atom is 2.00 e. The van der Waals surface area contributed by atoms with Gasteiger partial charge in [-0.25, -0.2) is 0 Å². The molecule has 0 aliphatic carbocycles. The molecule has 0 aromatic rings. The molecule has 0 bridgehead atoms. The third kappa shape index (κ3) is 559. The van der Waals surface area contributed by atoms with Crippen molar-refractivity contribution in [1.82, 2.24) is 0 Å². The van der Waals surface area contributed by atoms with Gasteiger partial charge in [-0.15, -0.1) is 0 Å². The second-order valence-electron chi connectivity index (χ2n) is 0.385. The van der Waals surface area contributed by atoms with Gasteiger partial charge in [-0.05, 0) is 0 Å². The Labute approximate surface area is 138 Å². The van der Waals surface area contributed by atoms with Crippen molar-refractivity contribution < 1.29 is 51.3 Å². The van der Waals surface area contributed by atoms with Gasteiger partial charge < -0.3 is 0 Å². The van der Waals surface area contributed by atoms with E-state index in [9.17, 15) is 0 Å². The predicted octanol–water partition coefficient (Wildman–Crippen LogP) is -7.14. The second kappa shape index (κ2) is 80.9. The fourth-order valence-electron chi connectivity index (χ4n) is 0. The Morgan fingerprint density at radius 2 is 0.571 bits per heavy atom. The molecule has 0 N–H and O–H groups in total. The first-order valence-corrected chi connectivity index (χ1v) is 5.66. The van der Waals surface area contributed by atoms with Gasteiger partial charge in [0.25, 0.3) is 0 Å². The van der Waals surface area contributed by atoms with E-state index in [1.807, 2.05) is 0 Å². The Kier molecular flexibility index (Phi) is 208. The third-order valence-corrected chi connectivity index (χ3v) is 0. The normalized spacial score (nSPS) is 2.29. The van der Waals surface area contributed by atoms with Crippen LogP contribution in [0.1, 0.15) is 0 Å². The van der Waals surface area contributed by atoms with Crippen molar-refractivity contribution in [3.63, 3.8) is 0 Å². The largest absolute Gasteiger partial charge is 2.00 e. The van der Waals surface area contributed by atoms with Gasteiger partial charge in [0.1, 0.15) is 0 Å². The van der Waals surface area contributed by atoms with Crippen molar-refractivity contribution in [2.24, 2.45) is 0 Å². The van der Waals surface area contributed by atoms with E-state index < -0.39 is 61.9 Å². The molecule has 0 fully saturated rings. The maximum atomic E-state index is 8.46. The molecule has 0 amide bonds. The van der Waals surface area contributed by atoms with Crippen LogP contribution in [0.2, 0.25) is 0 Å². The minimum Gasteiger partial charge on any atom is 2.00 e. The van der Waals surface area contributed by atoms with Crippen LogP contribution < -0.4 is 16.6 Å². The molecular formula is Al4O8PbZn. The van der Waals surface area contributed by atoms with Crippen LogP contribution in [-0.2, 0) is 34.7 Å². The summed E-state index contributed by atoms with van der Waals surface area (Å²) >= 11 is -7.00. The van der Waals surface area contributed by atoms with E-state index in [0.29, 0.717) is 0 Å². The van der Waals surface area contributed by atoms with Crippen molar-refractivity contribution in [3.05, 3.63) is 0 Å². The van der Waals surface area contributed by atoms with Crippen LogP contribution in [0.4, 0.5) is 0 Å². The third-order valence-electron chi connectivity index (χ3n) is 0. The first-order valence-electron chi connectivity index (χ1n) is 1.89. The number of hydrogen-bond donors (Lipinski definition) is 0. The van der Waals surface area contributed by atoms with E-state index in [1.165, 1.54) is 0 Å². The summed E-state index contributed by atoms with van der Waals surface area (Å²) in [5.41, 5.74) is 0. The zero-order chi connectivity index (χ0) is 10.8. The summed E-state index contributed by atoms with van der Waals surface area (Å²) in [6.45, 7) is 0. The van der Waals surface area contributed by atoms with Crippen molar-refractivity contribution in [2.45, 2.75) is 0 Å². The van der Waals surface area contributed by atoms with Crippen molar-refractivity contribution >= 4 is 89.2 Å². The molecule has 0 aliphatic rings. The molecule has 8 nitrogen and oxygen atoms in total. The van der Waals surface area contributed by atoms with E-state index in [1.54, 1.807) is 0 Å². The van der Waals surface area contributed by atoms with Crippen LogP contribution >= 0.6 is 0 Å². The van der Waals surface area contributed by atoms with E-state index in [0.717, 1.165) is 0 Å². The molecule has 14 heteroatoms. The summed E-state index contributed by atoms with van der Waals surface area (Å²) in [7, 11) is 0. The Morgan fingerprint density at radius 3 is 0.571 bits per heavy atom. The zero-order valence-electron chi connectivity index (χ0n) is 6.78. The molecule has 0 aliphatic heterocycles. The van der Waals surface area contributed by atoms with Crippen LogP contribution in [0.5, 0.6) is 0 Å². The van der Waals surface area contributed by atoms with Crippen molar-refractivity contribution in [1.29, 1.82) is 0 Å². The average molecular weight is 509 g/mol. The van der Waals surface area contributed by atoms with Gasteiger partial charge in [0, 0.05) is 0 Å². The van der Waals surface area contributed by atoms with Gasteiger partial charge in [0.2, 0.25) is 0 Å². The summed E-state index contributed by atoms with van der Waals surface area (Å²) in [6, 6.07) is 0. The van der Waals surface area contributed by atoms with Crippen LogP contribution in [0.3, 0.4) is 0 Å².